The summed E-state index contributed by atoms with van der Waals surface area (Å²) in [5, 5.41) is 22.1. The van der Waals surface area contributed by atoms with Crippen molar-refractivity contribution in [1.82, 2.24) is 5.32 Å². The Morgan fingerprint density at radius 1 is 1.17 bits per heavy atom. The van der Waals surface area contributed by atoms with Gasteiger partial charge in [0.2, 0.25) is 0 Å². The van der Waals surface area contributed by atoms with Crippen LogP contribution < -0.4 is 5.32 Å². The van der Waals surface area contributed by atoms with Gasteiger partial charge in [0, 0.05) is 6.54 Å². The number of phenolic OH excluding ortho intramolecular Hbond substituents is 2. The standard InChI is InChI=1S/C15H23NO2/c1-11-4-2-3-5-13(11)10-16-9-12-6-7-14(17)15(18)8-12/h6-8,11,13,16-18H,2-5,9-10H2,1H3. The van der Waals surface area contributed by atoms with E-state index in [1.165, 1.54) is 31.7 Å². The molecule has 1 aliphatic carbocycles. The molecule has 0 amide bonds. The summed E-state index contributed by atoms with van der Waals surface area (Å²) in [4.78, 5) is 0. The fraction of sp³-hybridized carbons (Fsp3) is 0.600. The van der Waals surface area contributed by atoms with E-state index in [0.717, 1.165) is 30.5 Å². The van der Waals surface area contributed by atoms with Gasteiger partial charge in [-0.3, -0.25) is 0 Å². The monoisotopic (exact) mass is 249 g/mol. The van der Waals surface area contributed by atoms with Crippen LogP contribution in [0, 0.1) is 11.8 Å². The van der Waals surface area contributed by atoms with Crippen molar-refractivity contribution in [2.24, 2.45) is 11.8 Å². The van der Waals surface area contributed by atoms with Gasteiger partial charge in [-0.15, -0.1) is 0 Å². The highest BCUT2D eigenvalue weighted by atomic mass is 16.3. The molecule has 3 nitrogen and oxygen atoms in total. The maximum Gasteiger partial charge on any atom is 0.157 e. The first-order valence-corrected chi connectivity index (χ1v) is 6.88. The Bertz CT molecular complexity index is 392. The molecular formula is C15H23NO2. The molecule has 0 radical (unpaired) electrons. The summed E-state index contributed by atoms with van der Waals surface area (Å²) >= 11 is 0. The second-order valence-corrected chi connectivity index (χ2v) is 5.48. The quantitative estimate of drug-likeness (QED) is 0.719. The van der Waals surface area contributed by atoms with Crippen LogP contribution in [-0.2, 0) is 6.54 Å². The van der Waals surface area contributed by atoms with Gasteiger partial charge in [-0.2, -0.15) is 0 Å². The van der Waals surface area contributed by atoms with Gasteiger partial charge in [0.1, 0.15) is 0 Å². The SMILES string of the molecule is CC1CCCCC1CNCc1ccc(O)c(O)c1. The highest BCUT2D eigenvalue weighted by Crippen LogP contribution is 2.29. The molecule has 2 rings (SSSR count). The Balaban J connectivity index is 1.79. The predicted octanol–water partition coefficient (Wildman–Crippen LogP) is 3.01. The van der Waals surface area contributed by atoms with E-state index in [9.17, 15) is 10.2 Å². The molecule has 1 aromatic carbocycles. The third kappa shape index (κ3) is 3.39. The van der Waals surface area contributed by atoms with Gasteiger partial charge < -0.3 is 15.5 Å². The summed E-state index contributed by atoms with van der Waals surface area (Å²) in [7, 11) is 0. The molecule has 3 N–H and O–H groups in total. The number of nitrogens with one attached hydrogen (secondary N) is 1. The van der Waals surface area contributed by atoms with E-state index in [0.29, 0.717) is 0 Å². The van der Waals surface area contributed by atoms with Gasteiger partial charge in [0.25, 0.3) is 0 Å². The van der Waals surface area contributed by atoms with E-state index in [2.05, 4.69) is 12.2 Å². The highest BCUT2D eigenvalue weighted by molar-refractivity contribution is 5.40. The summed E-state index contributed by atoms with van der Waals surface area (Å²) in [5.74, 6) is 1.50. The topological polar surface area (TPSA) is 52.5 Å². The zero-order valence-electron chi connectivity index (χ0n) is 11.0. The van der Waals surface area contributed by atoms with E-state index in [4.69, 9.17) is 0 Å². The average molecular weight is 249 g/mol. The molecule has 1 aliphatic rings. The number of phenols is 2. The smallest absolute Gasteiger partial charge is 0.157 e. The van der Waals surface area contributed by atoms with Crippen molar-refractivity contribution in [3.8, 4) is 11.5 Å². The third-order valence-corrected chi connectivity index (χ3v) is 4.06. The lowest BCUT2D eigenvalue weighted by Gasteiger charge is -2.28. The first-order valence-electron chi connectivity index (χ1n) is 6.88. The Kier molecular flexibility index (Phi) is 4.48. The summed E-state index contributed by atoms with van der Waals surface area (Å²) < 4.78 is 0. The number of rotatable bonds is 4. The van der Waals surface area contributed by atoms with Crippen LogP contribution in [0.4, 0.5) is 0 Å². The fourth-order valence-electron chi connectivity index (χ4n) is 2.78. The Labute approximate surface area is 109 Å². The molecule has 1 saturated carbocycles. The van der Waals surface area contributed by atoms with Gasteiger partial charge >= 0.3 is 0 Å². The fourth-order valence-corrected chi connectivity index (χ4v) is 2.78. The Hall–Kier alpha value is -1.22. The lowest BCUT2D eigenvalue weighted by atomic mass is 9.80. The molecule has 18 heavy (non-hydrogen) atoms. The van der Waals surface area contributed by atoms with Crippen LogP contribution in [0.3, 0.4) is 0 Å². The minimum absolute atomic E-state index is 0.0414. The van der Waals surface area contributed by atoms with Crippen molar-refractivity contribution in [2.45, 2.75) is 39.2 Å². The molecule has 0 aliphatic heterocycles. The van der Waals surface area contributed by atoms with Gasteiger partial charge in [0.15, 0.2) is 11.5 Å². The first kappa shape index (κ1) is 13.2. The highest BCUT2D eigenvalue weighted by Gasteiger charge is 2.20. The predicted molar refractivity (Wildman–Crippen MR) is 72.6 cm³/mol. The van der Waals surface area contributed by atoms with Crippen LogP contribution in [0.2, 0.25) is 0 Å². The van der Waals surface area contributed by atoms with Crippen LogP contribution in [0.1, 0.15) is 38.2 Å². The molecule has 2 unspecified atom stereocenters. The van der Waals surface area contributed by atoms with Crippen molar-refractivity contribution in [1.29, 1.82) is 0 Å². The molecule has 0 heterocycles. The van der Waals surface area contributed by atoms with E-state index in [1.54, 1.807) is 6.07 Å². The summed E-state index contributed by atoms with van der Waals surface area (Å²) in [6, 6.07) is 4.99. The lowest BCUT2D eigenvalue weighted by Crippen LogP contribution is -2.29. The number of hydrogen-bond acceptors (Lipinski definition) is 3. The molecule has 0 saturated heterocycles. The van der Waals surface area contributed by atoms with E-state index in [-0.39, 0.29) is 11.5 Å². The molecule has 0 aromatic heterocycles. The summed E-state index contributed by atoms with van der Waals surface area (Å²) in [6.07, 6.45) is 5.42. The second kappa shape index (κ2) is 6.10. The molecule has 2 atom stereocenters. The normalized spacial score (nSPS) is 24.1. The summed E-state index contributed by atoms with van der Waals surface area (Å²) in [6.45, 7) is 4.14. The second-order valence-electron chi connectivity index (χ2n) is 5.48. The van der Waals surface area contributed by atoms with Crippen LogP contribution in [0.5, 0.6) is 11.5 Å². The van der Waals surface area contributed by atoms with E-state index >= 15 is 0 Å². The maximum absolute atomic E-state index is 9.41. The number of aromatic hydroxyl groups is 2. The molecule has 1 fully saturated rings. The van der Waals surface area contributed by atoms with Gasteiger partial charge in [-0.25, -0.2) is 0 Å². The van der Waals surface area contributed by atoms with Crippen LogP contribution in [0.25, 0.3) is 0 Å². The minimum atomic E-state index is -0.0559. The molecular weight excluding hydrogens is 226 g/mol. The van der Waals surface area contributed by atoms with Crippen molar-refractivity contribution in [3.63, 3.8) is 0 Å². The van der Waals surface area contributed by atoms with Crippen LogP contribution in [-0.4, -0.2) is 16.8 Å². The van der Waals surface area contributed by atoms with Crippen molar-refractivity contribution in [3.05, 3.63) is 23.8 Å². The Morgan fingerprint density at radius 2 is 1.94 bits per heavy atom. The molecule has 0 bridgehead atoms. The number of hydrogen-bond donors (Lipinski definition) is 3. The van der Waals surface area contributed by atoms with E-state index < -0.39 is 0 Å². The summed E-state index contributed by atoms with van der Waals surface area (Å²) in [5.41, 5.74) is 1.01. The van der Waals surface area contributed by atoms with Crippen molar-refractivity contribution < 1.29 is 10.2 Å². The third-order valence-electron chi connectivity index (χ3n) is 4.06. The van der Waals surface area contributed by atoms with Gasteiger partial charge in [0.05, 0.1) is 0 Å². The molecule has 3 heteroatoms. The average Bonchev–Trinajstić information content (AvgIpc) is 2.36. The van der Waals surface area contributed by atoms with Gasteiger partial charge in [-0.05, 0) is 42.5 Å². The van der Waals surface area contributed by atoms with Crippen LogP contribution >= 0.6 is 0 Å². The van der Waals surface area contributed by atoms with Crippen molar-refractivity contribution in [2.75, 3.05) is 6.54 Å². The van der Waals surface area contributed by atoms with E-state index in [1.807, 2.05) is 6.07 Å². The minimum Gasteiger partial charge on any atom is -0.504 e. The largest absolute Gasteiger partial charge is 0.504 e. The molecule has 100 valence electrons. The molecule has 0 spiro atoms. The number of benzene rings is 1. The van der Waals surface area contributed by atoms with Crippen LogP contribution in [0.15, 0.2) is 18.2 Å². The lowest BCUT2D eigenvalue weighted by molar-refractivity contribution is 0.247. The Morgan fingerprint density at radius 3 is 2.67 bits per heavy atom. The zero-order valence-corrected chi connectivity index (χ0v) is 11.0. The van der Waals surface area contributed by atoms with Crippen molar-refractivity contribution >= 4 is 0 Å². The maximum atomic E-state index is 9.41. The zero-order chi connectivity index (χ0) is 13.0. The van der Waals surface area contributed by atoms with Gasteiger partial charge in [-0.1, -0.05) is 32.3 Å². The molecule has 1 aromatic rings. The first-order chi connectivity index (χ1) is 8.66.